The van der Waals surface area contributed by atoms with Gasteiger partial charge >= 0.3 is 0 Å². The fourth-order valence-electron chi connectivity index (χ4n) is 1.66. The van der Waals surface area contributed by atoms with E-state index in [2.05, 4.69) is 6.07 Å². The molecule has 3 heteroatoms. The van der Waals surface area contributed by atoms with Gasteiger partial charge in [0, 0.05) is 24.0 Å². The highest BCUT2D eigenvalue weighted by atomic mass is 35.5. The van der Waals surface area contributed by atoms with Crippen LogP contribution in [0.25, 0.3) is 0 Å². The summed E-state index contributed by atoms with van der Waals surface area (Å²) in [5.74, 6) is 0. The molecule has 0 aliphatic heterocycles. The van der Waals surface area contributed by atoms with Gasteiger partial charge in [0.2, 0.25) is 0 Å². The van der Waals surface area contributed by atoms with Gasteiger partial charge in [0.1, 0.15) is 0 Å². The molecule has 1 heterocycles. The molecule has 0 spiro atoms. The van der Waals surface area contributed by atoms with Gasteiger partial charge in [-0.3, -0.25) is 0 Å². The van der Waals surface area contributed by atoms with Gasteiger partial charge in [-0.05, 0) is 35.7 Å². The van der Waals surface area contributed by atoms with E-state index in [1.54, 1.807) is 0 Å². The van der Waals surface area contributed by atoms with E-state index in [-0.39, 0.29) is 6.61 Å². The van der Waals surface area contributed by atoms with Crippen LogP contribution in [0.5, 0.6) is 0 Å². The second kappa shape index (κ2) is 4.73. The van der Waals surface area contributed by atoms with E-state index in [9.17, 15) is 0 Å². The summed E-state index contributed by atoms with van der Waals surface area (Å²) in [5.41, 5.74) is 3.17. The van der Waals surface area contributed by atoms with Gasteiger partial charge in [-0.15, -0.1) is 0 Å². The Morgan fingerprint density at radius 2 is 2.12 bits per heavy atom. The normalized spacial score (nSPS) is 10.7. The van der Waals surface area contributed by atoms with E-state index in [4.69, 9.17) is 16.7 Å². The fourth-order valence-corrected chi connectivity index (χ4v) is 1.95. The Labute approximate surface area is 100 Å². The summed E-state index contributed by atoms with van der Waals surface area (Å²) in [6.45, 7) is 2.84. The maximum absolute atomic E-state index is 8.97. The van der Waals surface area contributed by atoms with E-state index >= 15 is 0 Å². The summed E-state index contributed by atoms with van der Waals surface area (Å²) >= 11 is 6.16. The molecular weight excluding hydrogens is 222 g/mol. The van der Waals surface area contributed by atoms with Crippen LogP contribution in [0.4, 0.5) is 0 Å². The summed E-state index contributed by atoms with van der Waals surface area (Å²) in [5, 5.41) is 9.76. The lowest BCUT2D eigenvalue weighted by atomic mass is 10.1. The SMILES string of the molecule is Cc1ccc(Cn2ccc(CO)c2)c(Cl)c1. The van der Waals surface area contributed by atoms with Crippen LogP contribution in [-0.2, 0) is 13.2 Å². The highest BCUT2D eigenvalue weighted by Crippen LogP contribution is 2.19. The zero-order valence-corrected chi connectivity index (χ0v) is 9.91. The minimum Gasteiger partial charge on any atom is -0.392 e. The molecule has 0 atom stereocenters. The summed E-state index contributed by atoms with van der Waals surface area (Å²) < 4.78 is 2.02. The minimum atomic E-state index is 0.0780. The van der Waals surface area contributed by atoms with Gasteiger partial charge in [0.15, 0.2) is 0 Å². The number of benzene rings is 1. The molecule has 0 saturated heterocycles. The van der Waals surface area contributed by atoms with Crippen LogP contribution in [0, 0.1) is 6.92 Å². The predicted octanol–water partition coefficient (Wildman–Crippen LogP) is 2.99. The van der Waals surface area contributed by atoms with Crippen molar-refractivity contribution in [2.75, 3.05) is 0 Å². The average molecular weight is 236 g/mol. The number of aryl methyl sites for hydroxylation is 1. The molecule has 1 N–H and O–H groups in total. The Kier molecular flexibility index (Phi) is 3.32. The van der Waals surface area contributed by atoms with Crippen molar-refractivity contribution in [3.8, 4) is 0 Å². The van der Waals surface area contributed by atoms with Crippen LogP contribution in [-0.4, -0.2) is 9.67 Å². The van der Waals surface area contributed by atoms with Crippen LogP contribution in [0.3, 0.4) is 0 Å². The van der Waals surface area contributed by atoms with Crippen LogP contribution in [0.2, 0.25) is 5.02 Å². The zero-order chi connectivity index (χ0) is 11.5. The lowest BCUT2D eigenvalue weighted by Gasteiger charge is -2.06. The average Bonchev–Trinajstić information content (AvgIpc) is 2.70. The van der Waals surface area contributed by atoms with Gasteiger partial charge in [0.25, 0.3) is 0 Å². The van der Waals surface area contributed by atoms with Crippen LogP contribution < -0.4 is 0 Å². The molecule has 2 aromatic rings. The fraction of sp³-hybridized carbons (Fsp3) is 0.231. The first kappa shape index (κ1) is 11.2. The van der Waals surface area contributed by atoms with Crippen molar-refractivity contribution in [2.24, 2.45) is 0 Å². The maximum Gasteiger partial charge on any atom is 0.0696 e. The highest BCUT2D eigenvalue weighted by Gasteiger charge is 2.02. The van der Waals surface area contributed by atoms with Crippen molar-refractivity contribution in [3.05, 3.63) is 58.4 Å². The lowest BCUT2D eigenvalue weighted by Crippen LogP contribution is -1.97. The molecule has 0 amide bonds. The summed E-state index contributed by atoms with van der Waals surface area (Å²) in [6, 6.07) is 7.96. The maximum atomic E-state index is 8.97. The highest BCUT2D eigenvalue weighted by molar-refractivity contribution is 6.31. The van der Waals surface area contributed by atoms with Crippen LogP contribution in [0.1, 0.15) is 16.7 Å². The first-order chi connectivity index (χ1) is 7.69. The number of aromatic nitrogens is 1. The quantitative estimate of drug-likeness (QED) is 0.870. The molecule has 16 heavy (non-hydrogen) atoms. The molecule has 1 aromatic heterocycles. The van der Waals surface area contributed by atoms with E-state index in [1.165, 1.54) is 0 Å². The third kappa shape index (κ3) is 2.46. The first-order valence-electron chi connectivity index (χ1n) is 5.19. The Morgan fingerprint density at radius 3 is 2.75 bits per heavy atom. The monoisotopic (exact) mass is 235 g/mol. The van der Waals surface area contributed by atoms with Gasteiger partial charge in [-0.2, -0.15) is 0 Å². The van der Waals surface area contributed by atoms with Crippen molar-refractivity contribution in [1.82, 2.24) is 4.57 Å². The van der Waals surface area contributed by atoms with Crippen molar-refractivity contribution in [3.63, 3.8) is 0 Å². The van der Waals surface area contributed by atoms with Gasteiger partial charge < -0.3 is 9.67 Å². The molecule has 0 unspecified atom stereocenters. The smallest absolute Gasteiger partial charge is 0.0696 e. The Balaban J connectivity index is 2.20. The number of hydrogen-bond donors (Lipinski definition) is 1. The molecule has 2 nitrogen and oxygen atoms in total. The lowest BCUT2D eigenvalue weighted by molar-refractivity contribution is 0.282. The van der Waals surface area contributed by atoms with Crippen molar-refractivity contribution >= 4 is 11.6 Å². The molecule has 0 aliphatic rings. The molecule has 2 rings (SSSR count). The third-order valence-electron chi connectivity index (χ3n) is 2.56. The molecule has 1 aromatic carbocycles. The van der Waals surface area contributed by atoms with Gasteiger partial charge in [-0.25, -0.2) is 0 Å². The third-order valence-corrected chi connectivity index (χ3v) is 2.91. The van der Waals surface area contributed by atoms with Crippen molar-refractivity contribution in [2.45, 2.75) is 20.1 Å². The molecular formula is C13H14ClNO. The molecule has 0 radical (unpaired) electrons. The Morgan fingerprint density at radius 1 is 1.31 bits per heavy atom. The second-order valence-corrected chi connectivity index (χ2v) is 4.35. The van der Waals surface area contributed by atoms with Crippen molar-refractivity contribution < 1.29 is 5.11 Å². The Hall–Kier alpha value is -1.25. The number of hydrogen-bond acceptors (Lipinski definition) is 1. The predicted molar refractivity (Wildman–Crippen MR) is 65.6 cm³/mol. The van der Waals surface area contributed by atoms with E-state index < -0.39 is 0 Å². The molecule has 84 valence electrons. The number of rotatable bonds is 3. The summed E-state index contributed by atoms with van der Waals surface area (Å²) in [6.07, 6.45) is 3.87. The van der Waals surface area contributed by atoms with Crippen LogP contribution >= 0.6 is 11.6 Å². The topological polar surface area (TPSA) is 25.2 Å². The Bertz CT molecular complexity index is 490. The largest absolute Gasteiger partial charge is 0.392 e. The molecule has 0 fully saturated rings. The van der Waals surface area contributed by atoms with E-state index in [1.807, 2.05) is 42.1 Å². The zero-order valence-electron chi connectivity index (χ0n) is 9.15. The van der Waals surface area contributed by atoms with E-state index in [0.29, 0.717) is 0 Å². The van der Waals surface area contributed by atoms with Crippen molar-refractivity contribution in [1.29, 1.82) is 0 Å². The number of aliphatic hydroxyl groups is 1. The molecule has 0 bridgehead atoms. The molecule has 0 saturated carbocycles. The number of nitrogens with zero attached hydrogens (tertiary/aromatic N) is 1. The van der Waals surface area contributed by atoms with Crippen LogP contribution in [0.15, 0.2) is 36.7 Å². The first-order valence-corrected chi connectivity index (χ1v) is 5.57. The number of aliphatic hydroxyl groups excluding tert-OH is 1. The second-order valence-electron chi connectivity index (χ2n) is 3.95. The molecule has 0 aliphatic carbocycles. The summed E-state index contributed by atoms with van der Waals surface area (Å²) in [7, 11) is 0. The number of halogens is 1. The van der Waals surface area contributed by atoms with E-state index in [0.717, 1.165) is 28.3 Å². The standard InChI is InChI=1S/C13H14ClNO/c1-10-2-3-12(13(14)6-10)8-15-5-4-11(7-15)9-16/h2-7,16H,8-9H2,1H3. The minimum absolute atomic E-state index is 0.0780. The van der Waals surface area contributed by atoms with Gasteiger partial charge in [-0.1, -0.05) is 23.7 Å². The van der Waals surface area contributed by atoms with Gasteiger partial charge in [0.05, 0.1) is 6.61 Å². The summed E-state index contributed by atoms with van der Waals surface area (Å²) in [4.78, 5) is 0.